The van der Waals surface area contributed by atoms with E-state index in [1.165, 1.54) is 70.8 Å². The molecule has 0 heterocycles. The Hall–Kier alpha value is -6.51. The fourth-order valence-electron chi connectivity index (χ4n) is 18.3. The molecule has 8 bridgehead atoms. The Kier molecular flexibility index (Phi) is 45.5. The molecular weight excluding hydrogens is 2070 g/mol. The van der Waals surface area contributed by atoms with Gasteiger partial charge in [0.15, 0.2) is 0 Å². The van der Waals surface area contributed by atoms with Gasteiger partial charge in [-0.3, -0.25) is 19.2 Å². The van der Waals surface area contributed by atoms with Gasteiger partial charge in [0, 0.05) is 47.3 Å². The number of carboxylic acids is 4. The molecule has 0 spiro atoms. The fourth-order valence-corrected chi connectivity index (χ4v) is 24.2. The van der Waals surface area contributed by atoms with Crippen LogP contribution in [0.15, 0.2) is 238 Å². The van der Waals surface area contributed by atoms with Crippen LogP contribution in [0.1, 0.15) is 160 Å². The molecule has 0 unspecified atom stereocenters. The molecule has 8 aliphatic rings. The molecule has 131 heavy (non-hydrogen) atoms. The van der Waals surface area contributed by atoms with Crippen LogP contribution in [-0.2, 0) is 208 Å². The predicted molar refractivity (Wildman–Crippen MR) is 490 cm³/mol. The zero-order valence-corrected chi connectivity index (χ0v) is 89.1. The van der Waals surface area contributed by atoms with Crippen molar-refractivity contribution in [3.8, 4) is 0 Å². The van der Waals surface area contributed by atoms with Crippen LogP contribution in [0.2, 0.25) is 0 Å². The summed E-state index contributed by atoms with van der Waals surface area (Å²) in [5.41, 5.74) is -4.63. The van der Waals surface area contributed by atoms with Gasteiger partial charge in [-0.1, -0.05) is 252 Å². The fraction of sp³-hybridized carbons (Fsp3) is 0.417. The second-order valence-electron chi connectivity index (χ2n) is 35.8. The van der Waals surface area contributed by atoms with E-state index in [9.17, 15) is 111 Å². The summed E-state index contributed by atoms with van der Waals surface area (Å²) in [4.78, 5) is 89.0. The summed E-state index contributed by atoms with van der Waals surface area (Å²) < 4.78 is 131. The van der Waals surface area contributed by atoms with E-state index in [2.05, 4.69) is 99.1 Å². The average Bonchev–Trinajstić information content (AvgIpc) is 1.57. The summed E-state index contributed by atoms with van der Waals surface area (Å²) in [7, 11) is -17.3. The number of benzene rings is 8. The van der Waals surface area contributed by atoms with Crippen molar-refractivity contribution < 1.29 is 189 Å². The summed E-state index contributed by atoms with van der Waals surface area (Å²) in [6.07, 6.45) is 7.51. The summed E-state index contributed by atoms with van der Waals surface area (Å²) >= 11 is 20.2. The summed E-state index contributed by atoms with van der Waals surface area (Å²) in [6, 6.07) is 57.0. The number of hydrogen-bond acceptors (Lipinski definition) is 28. The molecule has 0 radical (unpaired) electrons. The molecule has 0 aliphatic heterocycles. The van der Waals surface area contributed by atoms with Crippen molar-refractivity contribution in [2.45, 2.75) is 180 Å². The van der Waals surface area contributed by atoms with Gasteiger partial charge in [-0.25, -0.2) is 33.7 Å². The minimum Gasteiger partial charge on any atom is -0.780 e. The molecule has 8 atom stereocenters. The quantitative estimate of drug-likeness (QED) is 0.0622. The molecular formula is C96H108O24S8Zr3. The third kappa shape index (κ3) is 32.3. The van der Waals surface area contributed by atoms with Crippen molar-refractivity contribution in [1.29, 1.82) is 0 Å². The monoisotopic (exact) mass is 2170 g/mol. The summed E-state index contributed by atoms with van der Waals surface area (Å²) in [5, 5.41) is 47.8. The topological polar surface area (TPSA) is 458 Å². The first-order valence-corrected chi connectivity index (χ1v) is 48.7. The zero-order valence-electron chi connectivity index (χ0n) is 75.2. The van der Waals surface area contributed by atoms with E-state index in [1.807, 2.05) is 152 Å². The number of Topliss-reactive ketones (excluding diaryl/α,β-unsaturated/α-hetero) is 4. The van der Waals surface area contributed by atoms with Crippen LogP contribution < -0.4 is 20.4 Å². The van der Waals surface area contributed by atoms with E-state index in [1.54, 1.807) is 0 Å². The predicted octanol–water partition coefficient (Wildman–Crippen LogP) is 11.9. The number of carbonyl (C=O) groups excluding carboxylic acids is 8. The van der Waals surface area contributed by atoms with Crippen LogP contribution in [-0.4, -0.2) is 122 Å². The first kappa shape index (κ1) is 121. The minimum atomic E-state index is -4.33. The van der Waals surface area contributed by atoms with Crippen molar-refractivity contribution in [3.63, 3.8) is 0 Å². The smallest absolute Gasteiger partial charge is 0.780 e. The number of aliphatic carboxylic acids is 4. The molecule has 8 saturated carbocycles. The normalized spacial score (nSPS) is 22.5. The Balaban J connectivity index is 0.000000489. The molecule has 16 rings (SSSR count). The van der Waals surface area contributed by atoms with Crippen LogP contribution in [0, 0.1) is 67.0 Å². The maximum atomic E-state index is 11.8. The van der Waals surface area contributed by atoms with Gasteiger partial charge in [0.25, 0.3) is 0 Å². The number of rotatable bonds is 12. The number of carboxylic acid groups (broad SMARTS) is 4. The first-order valence-electron chi connectivity index (χ1n) is 40.8. The van der Waals surface area contributed by atoms with Gasteiger partial charge in [-0.15, -0.1) is 0 Å². The number of fused-ring (bicyclic) bond motifs is 12. The van der Waals surface area contributed by atoms with Crippen LogP contribution in [0.4, 0.5) is 0 Å². The summed E-state index contributed by atoms with van der Waals surface area (Å²) in [5.74, 6) is -5.86. The van der Waals surface area contributed by atoms with Crippen molar-refractivity contribution >= 4 is 181 Å². The Morgan fingerprint density at radius 1 is 0.298 bits per heavy atom. The standard InChI is InChI=1S/4C10H16O4S.4C10H8S.4C4H6O2.3Zr/c4*1-9(2)7-3-4-10(9,8(11)5-7)6-15(12,13)14;4*11-10-6-5-8-3-1-2-4-9(8)7-10;4*1-3(2)4(5)6;;;/h4*7H,3-6H2,1-2H3,(H,12,13,14);4*1-7,11H;4*1H2,2H3,(H,5,6);;;/q;;;;;;;;;;;;3*+4/p-12/t4*7-,10-;;;;;;;;;;;/m1111.........../s1. The average molecular weight is 2180 g/mol. The first-order chi connectivity index (χ1) is 58.8. The second-order valence-corrected chi connectivity index (χ2v) is 43.3. The van der Waals surface area contributed by atoms with Crippen LogP contribution >= 0.6 is 0 Å². The van der Waals surface area contributed by atoms with Crippen molar-refractivity contribution in [2.75, 3.05) is 23.0 Å². The molecule has 35 heteroatoms. The zero-order chi connectivity index (χ0) is 97.3. The van der Waals surface area contributed by atoms with E-state index in [4.69, 9.17) is 50.5 Å². The molecule has 8 aromatic carbocycles. The number of carbonyl (C=O) groups is 8. The van der Waals surface area contributed by atoms with Gasteiger partial charge < -0.3 is 108 Å². The van der Waals surface area contributed by atoms with E-state index >= 15 is 0 Å². The summed E-state index contributed by atoms with van der Waals surface area (Å²) in [6.45, 7) is 33.2. The van der Waals surface area contributed by atoms with Gasteiger partial charge in [-0.2, -0.15) is 19.6 Å². The Morgan fingerprint density at radius 2 is 0.435 bits per heavy atom. The van der Waals surface area contributed by atoms with Crippen molar-refractivity contribution in [1.82, 2.24) is 0 Å². The molecule has 0 saturated heterocycles. The molecule has 696 valence electrons. The molecule has 0 aromatic heterocycles. The molecule has 0 amide bonds. The van der Waals surface area contributed by atoms with E-state index < -0.39 is 109 Å². The van der Waals surface area contributed by atoms with Crippen LogP contribution in [0.25, 0.3) is 43.1 Å². The SMILES string of the molecule is C=C(C)C(=O)[O-].C=C(C)C(=O)[O-].C=C(C)C(=O)[O-].C=C(C)C(=O)[O-].CC1(C)[C@@H]2CC[C@@]1(CS(=O)(=O)[O-])C(=O)C2.CC1(C)[C@@H]2CC[C@@]1(CS(=O)(=O)[O-])C(=O)C2.CC1(C)[C@@H]2CC[C@@]1(CS(=O)(=O)[O-])C(=O)C2.CC1(C)[C@@H]2CC[C@@]1(CS(=O)(=O)[O-])C(=O)C2.[S-]c1ccc2ccccc2c1.[S-]c1ccc2ccccc2c1.[S-]c1ccc2ccccc2c1.[S-]c1ccc2ccccc2c1.[Zr+4].[Zr+4].[Zr+4]. The van der Waals surface area contributed by atoms with Crippen molar-refractivity contribution in [2.24, 2.45) is 67.0 Å². The Morgan fingerprint density at radius 3 is 0.542 bits per heavy atom. The third-order valence-corrected chi connectivity index (χ3v) is 30.9. The van der Waals surface area contributed by atoms with Gasteiger partial charge >= 0.3 is 78.6 Å². The van der Waals surface area contributed by atoms with E-state index in [0.717, 1.165) is 45.3 Å². The van der Waals surface area contributed by atoms with Crippen LogP contribution in [0.5, 0.6) is 0 Å². The van der Waals surface area contributed by atoms with Crippen molar-refractivity contribution in [3.05, 3.63) is 218 Å². The minimum absolute atomic E-state index is 0. The second kappa shape index (κ2) is 49.5. The molecule has 8 aromatic rings. The third-order valence-electron chi connectivity index (χ3n) is 26.5. The van der Waals surface area contributed by atoms with E-state index in [0.29, 0.717) is 51.4 Å². The molecule has 8 fully saturated rings. The van der Waals surface area contributed by atoms with Gasteiger partial charge in [-0.05, 0) is 190 Å². The Labute approximate surface area is 849 Å². The molecule has 8 aliphatic carbocycles. The van der Waals surface area contributed by atoms with E-state index in [-0.39, 0.29) is 169 Å². The maximum Gasteiger partial charge on any atom is 4.00 e. The van der Waals surface area contributed by atoms with Crippen LogP contribution in [0.3, 0.4) is 0 Å². The number of ketones is 4. The largest absolute Gasteiger partial charge is 4.00 e. The maximum absolute atomic E-state index is 11.8. The van der Waals surface area contributed by atoms with Gasteiger partial charge in [0.2, 0.25) is 0 Å². The van der Waals surface area contributed by atoms with Gasteiger partial charge in [0.1, 0.15) is 23.1 Å². The molecule has 0 N–H and O–H groups in total. The molecule has 24 nitrogen and oxygen atoms in total. The number of hydrogen-bond donors (Lipinski definition) is 0. The Bertz CT molecular complexity index is 5240. The van der Waals surface area contributed by atoms with Gasteiger partial charge in [0.05, 0.1) is 87.4 Å².